The molecule has 0 spiro atoms. The maximum atomic E-state index is 11.8. The second-order valence-corrected chi connectivity index (χ2v) is 7.43. The van der Waals surface area contributed by atoms with Gasteiger partial charge >= 0.3 is 0 Å². The molecular formula is C21H20Cl2N2O4S. The van der Waals surface area contributed by atoms with Gasteiger partial charge < -0.3 is 19.5 Å². The van der Waals surface area contributed by atoms with Crippen LogP contribution in [-0.2, 0) is 4.79 Å². The molecule has 1 amide bonds. The Kier molecular flexibility index (Phi) is 7.79. The van der Waals surface area contributed by atoms with E-state index in [-0.39, 0.29) is 11.0 Å². The first-order valence-corrected chi connectivity index (χ1v) is 10.4. The molecule has 2 aromatic rings. The fourth-order valence-corrected chi connectivity index (χ4v) is 3.37. The monoisotopic (exact) mass is 466 g/mol. The van der Waals surface area contributed by atoms with Crippen LogP contribution in [0.4, 0.5) is 0 Å². The van der Waals surface area contributed by atoms with Crippen LogP contribution in [0.15, 0.2) is 42.1 Å². The Morgan fingerprint density at radius 3 is 2.47 bits per heavy atom. The summed E-state index contributed by atoms with van der Waals surface area (Å²) < 4.78 is 17.2. The van der Waals surface area contributed by atoms with E-state index in [0.29, 0.717) is 64.8 Å². The summed E-state index contributed by atoms with van der Waals surface area (Å²) in [5, 5.41) is 6.52. The molecule has 0 saturated carbocycles. The highest BCUT2D eigenvalue weighted by Gasteiger charge is 2.21. The lowest BCUT2D eigenvalue weighted by atomic mass is 10.1. The van der Waals surface area contributed by atoms with Crippen molar-refractivity contribution in [3.63, 3.8) is 0 Å². The van der Waals surface area contributed by atoms with Crippen molar-refractivity contribution in [2.45, 2.75) is 13.3 Å². The normalized spacial score (nSPS) is 14.4. The van der Waals surface area contributed by atoms with Crippen LogP contribution >= 0.6 is 35.4 Å². The quantitative estimate of drug-likeness (QED) is 0.320. The van der Waals surface area contributed by atoms with E-state index in [1.807, 2.05) is 25.1 Å². The van der Waals surface area contributed by atoms with Crippen molar-refractivity contribution in [1.29, 1.82) is 0 Å². The summed E-state index contributed by atoms with van der Waals surface area (Å²) >= 11 is 17.4. The molecule has 1 aliphatic heterocycles. The number of rotatable bonds is 9. The number of halogens is 2. The summed E-state index contributed by atoms with van der Waals surface area (Å²) in [7, 11) is 0. The van der Waals surface area contributed by atoms with Gasteiger partial charge in [0.2, 0.25) is 0 Å². The van der Waals surface area contributed by atoms with Gasteiger partial charge in [-0.15, -0.1) is 0 Å². The maximum absolute atomic E-state index is 11.8. The average molecular weight is 467 g/mol. The smallest absolute Gasteiger partial charge is 0.273 e. The van der Waals surface area contributed by atoms with Crippen molar-refractivity contribution >= 4 is 52.5 Å². The third-order valence-electron chi connectivity index (χ3n) is 3.99. The van der Waals surface area contributed by atoms with Crippen LogP contribution in [0.25, 0.3) is 6.08 Å². The topological polar surface area (TPSA) is 68.8 Å². The third-order valence-corrected chi connectivity index (χ3v) is 4.79. The van der Waals surface area contributed by atoms with Crippen LogP contribution in [0.5, 0.6) is 17.2 Å². The number of amides is 1. The third kappa shape index (κ3) is 5.78. The van der Waals surface area contributed by atoms with Gasteiger partial charge in [-0.1, -0.05) is 35.3 Å². The Balaban J connectivity index is 1.64. The average Bonchev–Trinajstić information content (AvgIpc) is 3.01. The van der Waals surface area contributed by atoms with Crippen LogP contribution in [0, 0.1) is 0 Å². The second kappa shape index (κ2) is 10.5. The zero-order chi connectivity index (χ0) is 21.5. The van der Waals surface area contributed by atoms with Crippen molar-refractivity contribution in [1.82, 2.24) is 10.6 Å². The molecular weight excluding hydrogens is 447 g/mol. The Bertz CT molecular complexity index is 981. The molecule has 2 N–H and O–H groups in total. The van der Waals surface area contributed by atoms with Crippen LogP contribution in [0.2, 0.25) is 10.0 Å². The number of carbonyl (C=O) groups excluding carboxylic acids is 1. The highest BCUT2D eigenvalue weighted by atomic mass is 35.5. The first-order chi connectivity index (χ1) is 14.5. The Morgan fingerprint density at radius 2 is 1.77 bits per heavy atom. The molecule has 9 heteroatoms. The molecule has 1 aliphatic rings. The molecule has 0 bridgehead atoms. The number of ether oxygens (including phenoxy) is 3. The molecule has 158 valence electrons. The predicted molar refractivity (Wildman–Crippen MR) is 122 cm³/mol. The van der Waals surface area contributed by atoms with Gasteiger partial charge in [0.25, 0.3) is 5.91 Å². The summed E-state index contributed by atoms with van der Waals surface area (Å²) in [6.45, 7) is 3.12. The first-order valence-electron chi connectivity index (χ1n) is 9.28. The molecule has 0 radical (unpaired) electrons. The summed E-state index contributed by atoms with van der Waals surface area (Å²) in [6.07, 6.45) is 2.27. The van der Waals surface area contributed by atoms with Crippen LogP contribution in [0.1, 0.15) is 18.9 Å². The van der Waals surface area contributed by atoms with E-state index in [1.54, 1.807) is 24.3 Å². The minimum absolute atomic E-state index is 0.265. The Morgan fingerprint density at radius 1 is 1.00 bits per heavy atom. The molecule has 3 rings (SSSR count). The van der Waals surface area contributed by atoms with Crippen LogP contribution in [0.3, 0.4) is 0 Å². The lowest BCUT2D eigenvalue weighted by Crippen LogP contribution is -2.21. The largest absolute Gasteiger partial charge is 0.492 e. The molecule has 1 saturated heterocycles. The number of para-hydroxylation sites is 1. The van der Waals surface area contributed by atoms with Crippen molar-refractivity contribution in [3.05, 3.63) is 57.7 Å². The molecule has 0 aliphatic carbocycles. The van der Waals surface area contributed by atoms with E-state index < -0.39 is 0 Å². The number of hydrogen-bond acceptors (Lipinski definition) is 5. The minimum Gasteiger partial charge on any atom is -0.492 e. The molecule has 1 heterocycles. The Labute approximate surface area is 190 Å². The van der Waals surface area contributed by atoms with Gasteiger partial charge in [0.15, 0.2) is 16.6 Å². The zero-order valence-corrected chi connectivity index (χ0v) is 18.5. The zero-order valence-electron chi connectivity index (χ0n) is 16.2. The van der Waals surface area contributed by atoms with Gasteiger partial charge in [-0.3, -0.25) is 10.1 Å². The predicted octanol–water partition coefficient (Wildman–Crippen LogP) is 4.59. The number of benzene rings is 2. The van der Waals surface area contributed by atoms with Crippen LogP contribution < -0.4 is 24.8 Å². The Hall–Kier alpha value is -2.48. The molecule has 0 unspecified atom stereocenters. The number of carbonyl (C=O) groups is 1. The van der Waals surface area contributed by atoms with E-state index >= 15 is 0 Å². The van der Waals surface area contributed by atoms with E-state index in [4.69, 9.17) is 49.6 Å². The minimum atomic E-state index is -0.298. The highest BCUT2D eigenvalue weighted by molar-refractivity contribution is 7.80. The van der Waals surface area contributed by atoms with Crippen molar-refractivity contribution < 1.29 is 19.0 Å². The molecule has 1 fully saturated rings. The van der Waals surface area contributed by atoms with Gasteiger partial charge in [-0.2, -0.15) is 0 Å². The van der Waals surface area contributed by atoms with Gasteiger partial charge in [-0.25, -0.2) is 0 Å². The van der Waals surface area contributed by atoms with Crippen molar-refractivity contribution in [2.24, 2.45) is 0 Å². The standard InChI is InChI=1S/C21H20Cl2N2O4S/c1-2-27-18-12-13(11-16-20(26)25-21(30)24-16)10-15(23)19(18)29-9-5-8-28-17-7-4-3-6-14(17)22/h3-4,6-7,10-12H,2,5,8-9H2,1H3,(H2,24,25,26,30). The van der Waals surface area contributed by atoms with E-state index in [0.717, 1.165) is 0 Å². The molecule has 0 atom stereocenters. The molecule has 2 aromatic carbocycles. The second-order valence-electron chi connectivity index (χ2n) is 6.21. The number of hydrogen-bond donors (Lipinski definition) is 2. The summed E-state index contributed by atoms with van der Waals surface area (Å²) in [6, 6.07) is 10.8. The van der Waals surface area contributed by atoms with Gasteiger partial charge in [0.05, 0.1) is 29.9 Å². The number of thiocarbonyl (C=S) groups is 1. The van der Waals surface area contributed by atoms with E-state index in [1.165, 1.54) is 0 Å². The molecule has 0 aromatic heterocycles. The summed E-state index contributed by atoms with van der Waals surface area (Å²) in [4.78, 5) is 11.8. The lowest BCUT2D eigenvalue weighted by molar-refractivity contribution is -0.115. The number of nitrogens with one attached hydrogen (secondary N) is 2. The maximum Gasteiger partial charge on any atom is 0.273 e. The summed E-state index contributed by atoms with van der Waals surface area (Å²) in [5.41, 5.74) is 1.02. The van der Waals surface area contributed by atoms with E-state index in [9.17, 15) is 4.79 Å². The fourth-order valence-electron chi connectivity index (χ4n) is 2.70. The van der Waals surface area contributed by atoms with Gasteiger partial charge in [0, 0.05) is 6.42 Å². The molecule has 6 nitrogen and oxygen atoms in total. The van der Waals surface area contributed by atoms with Gasteiger partial charge in [-0.05, 0) is 55.0 Å². The fraction of sp³-hybridized carbons (Fsp3) is 0.238. The lowest BCUT2D eigenvalue weighted by Gasteiger charge is -2.15. The molecule has 30 heavy (non-hydrogen) atoms. The van der Waals surface area contributed by atoms with Crippen LogP contribution in [-0.4, -0.2) is 30.8 Å². The van der Waals surface area contributed by atoms with E-state index in [2.05, 4.69) is 10.6 Å². The van der Waals surface area contributed by atoms with Gasteiger partial charge in [0.1, 0.15) is 11.4 Å². The van der Waals surface area contributed by atoms with Crippen molar-refractivity contribution in [2.75, 3.05) is 19.8 Å². The summed E-state index contributed by atoms with van der Waals surface area (Å²) in [5.74, 6) is 1.27. The SMILES string of the molecule is CCOc1cc(C=C2NC(=S)NC2=O)cc(Cl)c1OCCCOc1ccccc1Cl. The highest BCUT2D eigenvalue weighted by Crippen LogP contribution is 2.37. The first kappa shape index (κ1) is 22.2. The van der Waals surface area contributed by atoms with Crippen molar-refractivity contribution in [3.8, 4) is 17.2 Å².